The van der Waals surface area contributed by atoms with Gasteiger partial charge >= 0.3 is 12.1 Å². The van der Waals surface area contributed by atoms with Crippen LogP contribution in [0, 0.1) is 0 Å². The van der Waals surface area contributed by atoms with E-state index in [-0.39, 0.29) is 12.5 Å². The molecule has 0 saturated carbocycles. The predicted molar refractivity (Wildman–Crippen MR) is 128 cm³/mol. The smallest absolute Gasteiger partial charge is 0.407 e. The second-order valence-corrected chi connectivity index (χ2v) is 8.41. The van der Waals surface area contributed by atoms with E-state index in [4.69, 9.17) is 18.9 Å². The molecule has 0 aromatic heterocycles. The average molecular weight is 488 g/mol. The van der Waals surface area contributed by atoms with E-state index in [1.807, 2.05) is 48.5 Å². The maximum absolute atomic E-state index is 11.4. The summed E-state index contributed by atoms with van der Waals surface area (Å²) in [6.45, 7) is 3.49. The molecular formula is C26H33NO8. The Kier molecular flexibility index (Phi) is 9.75. The minimum Gasteiger partial charge on any atom is -0.496 e. The Labute approximate surface area is 205 Å². The van der Waals surface area contributed by atoms with Gasteiger partial charge in [-0.2, -0.15) is 0 Å². The SMILES string of the molecule is COc1ccccc1COCCCOc1ccc(C2CCN(C(=O)O)CC2O[C@@H](C)C(=O)O)cc1. The van der Waals surface area contributed by atoms with Gasteiger partial charge in [0.15, 0.2) is 6.10 Å². The number of hydrogen-bond acceptors (Lipinski definition) is 6. The number of carboxylic acids is 1. The van der Waals surface area contributed by atoms with Crippen LogP contribution in [-0.2, 0) is 20.9 Å². The van der Waals surface area contributed by atoms with Crippen LogP contribution in [0.4, 0.5) is 4.79 Å². The van der Waals surface area contributed by atoms with Gasteiger partial charge in [0.25, 0.3) is 0 Å². The first-order chi connectivity index (χ1) is 16.9. The van der Waals surface area contributed by atoms with Crippen molar-refractivity contribution in [1.82, 2.24) is 4.90 Å². The summed E-state index contributed by atoms with van der Waals surface area (Å²) >= 11 is 0. The lowest BCUT2D eigenvalue weighted by Crippen LogP contribution is -2.48. The van der Waals surface area contributed by atoms with Crippen molar-refractivity contribution in [2.75, 3.05) is 33.4 Å². The number of carbonyl (C=O) groups is 2. The molecule has 1 amide bonds. The van der Waals surface area contributed by atoms with Crippen molar-refractivity contribution >= 4 is 12.1 Å². The van der Waals surface area contributed by atoms with Gasteiger partial charge < -0.3 is 34.1 Å². The molecule has 9 nitrogen and oxygen atoms in total. The third-order valence-corrected chi connectivity index (χ3v) is 6.02. The molecule has 1 aliphatic heterocycles. The molecule has 1 heterocycles. The maximum Gasteiger partial charge on any atom is 0.407 e. The molecule has 2 N–H and O–H groups in total. The largest absolute Gasteiger partial charge is 0.496 e. The van der Waals surface area contributed by atoms with Crippen molar-refractivity contribution in [2.45, 2.75) is 44.5 Å². The highest BCUT2D eigenvalue weighted by atomic mass is 16.5. The number of benzene rings is 2. The normalized spacial score (nSPS) is 18.6. The number of ether oxygens (including phenoxy) is 4. The summed E-state index contributed by atoms with van der Waals surface area (Å²) in [6.07, 6.45) is -1.32. The van der Waals surface area contributed by atoms with Gasteiger partial charge in [-0.15, -0.1) is 0 Å². The topological polar surface area (TPSA) is 115 Å². The molecule has 3 atom stereocenters. The Bertz CT molecular complexity index is 962. The van der Waals surface area contributed by atoms with E-state index in [1.165, 1.54) is 11.8 Å². The monoisotopic (exact) mass is 487 g/mol. The van der Waals surface area contributed by atoms with Crippen LogP contribution >= 0.6 is 0 Å². The Morgan fingerprint density at radius 3 is 2.51 bits per heavy atom. The minimum atomic E-state index is -1.08. The quantitative estimate of drug-likeness (QED) is 0.432. The van der Waals surface area contributed by atoms with Gasteiger partial charge in [-0.1, -0.05) is 30.3 Å². The zero-order valence-corrected chi connectivity index (χ0v) is 20.1. The van der Waals surface area contributed by atoms with E-state index >= 15 is 0 Å². The molecule has 2 aromatic carbocycles. The predicted octanol–water partition coefficient (Wildman–Crippen LogP) is 4.01. The number of likely N-dealkylation sites (tertiary alicyclic amines) is 1. The van der Waals surface area contributed by atoms with E-state index in [0.29, 0.717) is 32.8 Å². The summed E-state index contributed by atoms with van der Waals surface area (Å²) in [5.74, 6) is 0.344. The van der Waals surface area contributed by atoms with Crippen molar-refractivity contribution in [2.24, 2.45) is 0 Å². The van der Waals surface area contributed by atoms with Crippen molar-refractivity contribution in [3.63, 3.8) is 0 Å². The number of piperidine rings is 1. The molecule has 1 saturated heterocycles. The lowest BCUT2D eigenvalue weighted by Gasteiger charge is -2.38. The third kappa shape index (κ3) is 7.60. The molecule has 9 heteroatoms. The number of amides is 1. The Morgan fingerprint density at radius 1 is 1.09 bits per heavy atom. The molecule has 0 aliphatic carbocycles. The number of para-hydroxylation sites is 1. The van der Waals surface area contributed by atoms with Crippen molar-refractivity contribution < 1.29 is 38.7 Å². The van der Waals surface area contributed by atoms with Crippen molar-refractivity contribution in [3.05, 3.63) is 59.7 Å². The van der Waals surface area contributed by atoms with Gasteiger partial charge in [0.05, 0.1) is 39.6 Å². The molecule has 3 rings (SSSR count). The lowest BCUT2D eigenvalue weighted by atomic mass is 9.87. The fourth-order valence-electron chi connectivity index (χ4n) is 4.10. The van der Waals surface area contributed by atoms with Gasteiger partial charge in [0.1, 0.15) is 11.5 Å². The molecule has 2 aromatic rings. The number of aliphatic carboxylic acids is 1. The molecule has 0 radical (unpaired) electrons. The molecule has 2 unspecified atom stereocenters. The van der Waals surface area contributed by atoms with E-state index in [2.05, 4.69) is 0 Å². The second-order valence-electron chi connectivity index (χ2n) is 8.41. The minimum absolute atomic E-state index is 0.107. The Morgan fingerprint density at radius 2 is 1.83 bits per heavy atom. The second kappa shape index (κ2) is 13.0. The number of methoxy groups -OCH3 is 1. The standard InChI is InChI=1S/C26H33NO8/c1-18(25(28)29)35-24-16-27(26(30)31)13-12-22(24)19-8-10-21(11-9-19)34-15-5-14-33-17-20-6-3-4-7-23(20)32-2/h3-4,6-11,18,22,24H,5,12-17H2,1-2H3,(H,28,29)(H,30,31)/t18-,22?,24?/m0/s1. The summed E-state index contributed by atoms with van der Waals surface area (Å²) in [7, 11) is 1.64. The Hall–Kier alpha value is -3.30. The number of rotatable bonds is 12. The summed E-state index contributed by atoms with van der Waals surface area (Å²) < 4.78 is 22.6. The van der Waals surface area contributed by atoms with Gasteiger partial charge in [-0.05, 0) is 37.1 Å². The lowest BCUT2D eigenvalue weighted by molar-refractivity contribution is -0.155. The molecule has 1 aliphatic rings. The molecule has 190 valence electrons. The molecule has 35 heavy (non-hydrogen) atoms. The fraction of sp³-hybridized carbons (Fsp3) is 0.462. The van der Waals surface area contributed by atoms with Gasteiger partial charge in [-0.3, -0.25) is 0 Å². The third-order valence-electron chi connectivity index (χ3n) is 6.02. The molecule has 1 fully saturated rings. The van der Waals surface area contributed by atoms with Crippen LogP contribution in [0.25, 0.3) is 0 Å². The number of hydrogen-bond donors (Lipinski definition) is 2. The van der Waals surface area contributed by atoms with E-state index in [1.54, 1.807) is 7.11 Å². The zero-order chi connectivity index (χ0) is 25.2. The molecule has 0 bridgehead atoms. The van der Waals surface area contributed by atoms with Crippen LogP contribution in [-0.4, -0.2) is 72.8 Å². The van der Waals surface area contributed by atoms with Crippen LogP contribution in [0.5, 0.6) is 11.5 Å². The van der Waals surface area contributed by atoms with Crippen LogP contribution in [0.3, 0.4) is 0 Å². The Balaban J connectivity index is 1.48. The highest BCUT2D eigenvalue weighted by Gasteiger charge is 2.35. The van der Waals surface area contributed by atoms with Gasteiger partial charge in [0, 0.05) is 24.4 Å². The highest BCUT2D eigenvalue weighted by Crippen LogP contribution is 2.32. The van der Waals surface area contributed by atoms with Crippen LogP contribution in [0.1, 0.15) is 36.8 Å². The summed E-state index contributed by atoms with van der Waals surface area (Å²) in [5.41, 5.74) is 1.96. The van der Waals surface area contributed by atoms with Crippen molar-refractivity contribution in [3.8, 4) is 11.5 Å². The van der Waals surface area contributed by atoms with Crippen LogP contribution < -0.4 is 9.47 Å². The number of nitrogens with zero attached hydrogens (tertiary/aromatic N) is 1. The maximum atomic E-state index is 11.4. The summed E-state index contributed by atoms with van der Waals surface area (Å²) in [5, 5.41) is 18.5. The zero-order valence-electron chi connectivity index (χ0n) is 20.1. The van der Waals surface area contributed by atoms with Crippen LogP contribution in [0.2, 0.25) is 0 Å². The van der Waals surface area contributed by atoms with Gasteiger partial charge in [0.2, 0.25) is 0 Å². The molecular weight excluding hydrogens is 454 g/mol. The first kappa shape index (κ1) is 26.3. The van der Waals surface area contributed by atoms with E-state index in [9.17, 15) is 19.8 Å². The number of carboxylic acid groups (broad SMARTS) is 2. The van der Waals surface area contributed by atoms with Crippen molar-refractivity contribution in [1.29, 1.82) is 0 Å². The van der Waals surface area contributed by atoms with E-state index < -0.39 is 24.3 Å². The average Bonchev–Trinajstić information content (AvgIpc) is 2.86. The first-order valence-corrected chi connectivity index (χ1v) is 11.7. The fourth-order valence-corrected chi connectivity index (χ4v) is 4.10. The summed E-state index contributed by atoms with van der Waals surface area (Å²) in [6, 6.07) is 15.3. The van der Waals surface area contributed by atoms with Gasteiger partial charge in [-0.25, -0.2) is 9.59 Å². The highest BCUT2D eigenvalue weighted by molar-refractivity contribution is 5.71. The molecule has 0 spiro atoms. The first-order valence-electron chi connectivity index (χ1n) is 11.7. The van der Waals surface area contributed by atoms with Crippen LogP contribution in [0.15, 0.2) is 48.5 Å². The summed E-state index contributed by atoms with van der Waals surface area (Å²) in [4.78, 5) is 23.9. The van der Waals surface area contributed by atoms with E-state index in [0.717, 1.165) is 29.0 Å².